The van der Waals surface area contributed by atoms with Gasteiger partial charge < -0.3 is 4.74 Å². The van der Waals surface area contributed by atoms with Gasteiger partial charge in [0.2, 0.25) is 0 Å². The van der Waals surface area contributed by atoms with Gasteiger partial charge in [0.15, 0.2) is 0 Å². The molecule has 62 valence electrons. The van der Waals surface area contributed by atoms with Crippen LogP contribution < -0.4 is 0 Å². The first-order valence-electron chi connectivity index (χ1n) is 4.41. The van der Waals surface area contributed by atoms with Crippen LogP contribution in [0.4, 0.5) is 0 Å². The minimum absolute atomic E-state index is 0.583. The van der Waals surface area contributed by atoms with Crippen LogP contribution in [0.1, 0.15) is 40.5 Å². The molecule has 1 heteroatoms. The largest absolute Gasteiger partial charge is 0.380 e. The molecular weight excluding hydrogens is 124 g/mol. The summed E-state index contributed by atoms with van der Waals surface area (Å²) in [6.45, 7) is 10.5. The van der Waals surface area contributed by atoms with Gasteiger partial charge in [-0.1, -0.05) is 27.7 Å². The molecule has 1 nitrogen and oxygen atoms in total. The molecule has 0 amide bonds. The van der Waals surface area contributed by atoms with Crippen molar-refractivity contribution >= 4 is 0 Å². The first-order valence-corrected chi connectivity index (χ1v) is 4.41. The lowest BCUT2D eigenvalue weighted by molar-refractivity contribution is -0.116. The monoisotopic (exact) mass is 144 g/mol. The van der Waals surface area contributed by atoms with Crippen molar-refractivity contribution < 1.29 is 4.74 Å². The van der Waals surface area contributed by atoms with Crippen molar-refractivity contribution in [3.63, 3.8) is 0 Å². The van der Waals surface area contributed by atoms with Crippen LogP contribution in [-0.4, -0.2) is 13.2 Å². The van der Waals surface area contributed by atoms with Crippen LogP contribution in [0, 0.1) is 5.41 Å². The fourth-order valence-electron chi connectivity index (χ4n) is 1.05. The molecule has 0 spiro atoms. The van der Waals surface area contributed by atoms with Crippen LogP contribution in [0.15, 0.2) is 0 Å². The molecule has 1 rings (SSSR count). The van der Waals surface area contributed by atoms with Gasteiger partial charge in [-0.3, -0.25) is 0 Å². The Bertz CT molecular complexity index is 61.3. The van der Waals surface area contributed by atoms with E-state index in [2.05, 4.69) is 13.8 Å². The lowest BCUT2D eigenvalue weighted by Crippen LogP contribution is -2.41. The molecule has 0 aliphatic carbocycles. The van der Waals surface area contributed by atoms with Gasteiger partial charge in [-0.25, -0.2) is 0 Å². The second-order valence-electron chi connectivity index (χ2n) is 2.70. The maximum absolute atomic E-state index is 5.12. The molecule has 1 fully saturated rings. The molecule has 1 heterocycles. The highest BCUT2D eigenvalue weighted by molar-refractivity contribution is 4.82. The first-order chi connectivity index (χ1) is 4.83. The Morgan fingerprint density at radius 2 is 1.50 bits per heavy atom. The van der Waals surface area contributed by atoms with Crippen molar-refractivity contribution in [2.75, 3.05) is 13.2 Å². The van der Waals surface area contributed by atoms with Gasteiger partial charge in [0.25, 0.3) is 0 Å². The van der Waals surface area contributed by atoms with E-state index >= 15 is 0 Å². The molecule has 0 aromatic heterocycles. The summed E-state index contributed by atoms with van der Waals surface area (Å²) in [5, 5.41) is 0. The summed E-state index contributed by atoms with van der Waals surface area (Å²) in [5.41, 5.74) is 0.583. The lowest BCUT2D eigenvalue weighted by atomic mass is 9.81. The quantitative estimate of drug-likeness (QED) is 0.579. The van der Waals surface area contributed by atoms with Crippen molar-refractivity contribution in [2.45, 2.75) is 40.5 Å². The van der Waals surface area contributed by atoms with Crippen LogP contribution in [0.25, 0.3) is 0 Å². The van der Waals surface area contributed by atoms with Crippen LogP contribution in [0.5, 0.6) is 0 Å². The zero-order valence-corrected chi connectivity index (χ0v) is 7.74. The standard InChI is InChI=1S/C7H14O.C2H6/c1-3-7(4-2)5-8-6-7;1-2/h3-6H2,1-2H3;1-2H3. The highest BCUT2D eigenvalue weighted by Gasteiger charge is 2.34. The van der Waals surface area contributed by atoms with Gasteiger partial charge in [0, 0.05) is 5.41 Å². The summed E-state index contributed by atoms with van der Waals surface area (Å²) < 4.78 is 5.12. The highest BCUT2D eigenvalue weighted by Crippen LogP contribution is 2.33. The average molecular weight is 144 g/mol. The van der Waals surface area contributed by atoms with Crippen molar-refractivity contribution in [1.29, 1.82) is 0 Å². The predicted molar refractivity (Wildman–Crippen MR) is 45.2 cm³/mol. The minimum atomic E-state index is 0.583. The number of hydrogen-bond acceptors (Lipinski definition) is 1. The molecule has 10 heavy (non-hydrogen) atoms. The third-order valence-corrected chi connectivity index (χ3v) is 2.32. The summed E-state index contributed by atoms with van der Waals surface area (Å²) in [6, 6.07) is 0. The smallest absolute Gasteiger partial charge is 0.0544 e. The summed E-state index contributed by atoms with van der Waals surface area (Å²) >= 11 is 0. The van der Waals surface area contributed by atoms with Gasteiger partial charge in [-0.15, -0.1) is 0 Å². The van der Waals surface area contributed by atoms with Crippen LogP contribution in [0.3, 0.4) is 0 Å². The average Bonchev–Trinajstić information content (AvgIpc) is 1.93. The maximum Gasteiger partial charge on any atom is 0.0544 e. The van der Waals surface area contributed by atoms with Crippen LogP contribution in [0.2, 0.25) is 0 Å². The fourth-order valence-corrected chi connectivity index (χ4v) is 1.05. The molecule has 0 aromatic rings. The third-order valence-electron chi connectivity index (χ3n) is 2.32. The summed E-state index contributed by atoms with van der Waals surface area (Å²) in [6.07, 6.45) is 2.56. The number of hydrogen-bond donors (Lipinski definition) is 0. The van der Waals surface area contributed by atoms with E-state index in [1.807, 2.05) is 13.8 Å². The normalized spacial score (nSPS) is 20.4. The van der Waals surface area contributed by atoms with E-state index in [4.69, 9.17) is 4.74 Å². The Hall–Kier alpha value is -0.0400. The van der Waals surface area contributed by atoms with Crippen molar-refractivity contribution in [1.82, 2.24) is 0 Å². The van der Waals surface area contributed by atoms with Gasteiger partial charge in [0.1, 0.15) is 0 Å². The third kappa shape index (κ3) is 1.98. The van der Waals surface area contributed by atoms with E-state index < -0.39 is 0 Å². The first kappa shape index (κ1) is 9.96. The molecule has 1 aliphatic rings. The van der Waals surface area contributed by atoms with E-state index in [0.717, 1.165) is 13.2 Å². The second kappa shape index (κ2) is 4.73. The molecule has 0 saturated carbocycles. The Morgan fingerprint density at radius 1 is 1.10 bits per heavy atom. The predicted octanol–water partition coefficient (Wildman–Crippen LogP) is 2.85. The maximum atomic E-state index is 5.12. The van der Waals surface area contributed by atoms with E-state index in [9.17, 15) is 0 Å². The zero-order valence-electron chi connectivity index (χ0n) is 7.74. The van der Waals surface area contributed by atoms with Gasteiger partial charge in [-0.05, 0) is 12.8 Å². The van der Waals surface area contributed by atoms with Crippen molar-refractivity contribution in [3.8, 4) is 0 Å². The highest BCUT2D eigenvalue weighted by atomic mass is 16.5. The Labute approximate surface area is 64.8 Å². The molecule has 0 unspecified atom stereocenters. The van der Waals surface area contributed by atoms with Crippen LogP contribution in [-0.2, 0) is 4.74 Å². The Morgan fingerprint density at radius 3 is 1.50 bits per heavy atom. The summed E-state index contributed by atoms with van der Waals surface area (Å²) in [7, 11) is 0. The molecule has 0 bridgehead atoms. The van der Waals surface area contributed by atoms with Gasteiger partial charge in [0.05, 0.1) is 13.2 Å². The molecule has 0 aromatic carbocycles. The second-order valence-corrected chi connectivity index (χ2v) is 2.70. The molecule has 1 saturated heterocycles. The van der Waals surface area contributed by atoms with E-state index in [-0.39, 0.29) is 0 Å². The number of ether oxygens (including phenoxy) is 1. The van der Waals surface area contributed by atoms with Crippen molar-refractivity contribution in [3.05, 3.63) is 0 Å². The number of rotatable bonds is 2. The Balaban J connectivity index is 0.000000371. The van der Waals surface area contributed by atoms with Gasteiger partial charge in [-0.2, -0.15) is 0 Å². The van der Waals surface area contributed by atoms with Gasteiger partial charge >= 0.3 is 0 Å². The SMILES string of the molecule is CC.CCC1(CC)COC1. The van der Waals surface area contributed by atoms with Crippen LogP contribution >= 0.6 is 0 Å². The lowest BCUT2D eigenvalue weighted by Gasteiger charge is -2.39. The van der Waals surface area contributed by atoms with E-state index in [0.29, 0.717) is 5.41 Å². The topological polar surface area (TPSA) is 9.23 Å². The molecule has 0 atom stereocenters. The van der Waals surface area contributed by atoms with Crippen molar-refractivity contribution in [2.24, 2.45) is 5.41 Å². The Kier molecular flexibility index (Phi) is 4.71. The molecule has 1 aliphatic heterocycles. The molecular formula is C9H20O. The molecule has 0 N–H and O–H groups in total. The molecule has 0 radical (unpaired) electrons. The zero-order chi connectivity index (χ0) is 8.04. The summed E-state index contributed by atoms with van der Waals surface area (Å²) in [5.74, 6) is 0. The fraction of sp³-hybridized carbons (Fsp3) is 1.00. The minimum Gasteiger partial charge on any atom is -0.380 e. The summed E-state index contributed by atoms with van der Waals surface area (Å²) in [4.78, 5) is 0. The van der Waals surface area contributed by atoms with E-state index in [1.165, 1.54) is 12.8 Å². The van der Waals surface area contributed by atoms with E-state index in [1.54, 1.807) is 0 Å².